The largest absolute Gasteiger partial charge is 0.497 e. The fourth-order valence-corrected chi connectivity index (χ4v) is 2.77. The smallest absolute Gasteiger partial charge is 0.249 e. The minimum atomic E-state index is -0.560. The maximum atomic E-state index is 11.8. The van der Waals surface area contributed by atoms with Gasteiger partial charge in [0.15, 0.2) is 0 Å². The zero-order chi connectivity index (χ0) is 26.3. The van der Waals surface area contributed by atoms with Crippen LogP contribution in [0.4, 0.5) is 0 Å². The van der Waals surface area contributed by atoms with E-state index in [0.29, 0.717) is 25.9 Å². The Kier molecular flexibility index (Phi) is 19.4. The first-order chi connectivity index (χ1) is 16.9. The predicted octanol–water partition coefficient (Wildman–Crippen LogP) is 4.01. The van der Waals surface area contributed by atoms with E-state index < -0.39 is 6.10 Å². The molecule has 0 aromatic heterocycles. The highest BCUT2D eigenvalue weighted by Gasteiger charge is 2.17. The van der Waals surface area contributed by atoms with Crippen molar-refractivity contribution in [3.8, 4) is 5.75 Å². The molecule has 4 N–H and O–H groups in total. The molecule has 0 aliphatic heterocycles. The van der Waals surface area contributed by atoms with E-state index in [4.69, 9.17) is 15.2 Å². The number of amides is 2. The molecule has 0 spiro atoms. The number of hydrogen-bond donors (Lipinski definition) is 3. The molecule has 0 aliphatic rings. The highest BCUT2D eigenvalue weighted by molar-refractivity contribution is 5.86. The number of carbonyl (C=O) groups excluding carboxylic acids is 2. The first-order valence-corrected chi connectivity index (χ1v) is 12.0. The van der Waals surface area contributed by atoms with Gasteiger partial charge in [0.1, 0.15) is 11.9 Å². The van der Waals surface area contributed by atoms with Crippen molar-refractivity contribution in [2.75, 3.05) is 27.3 Å². The summed E-state index contributed by atoms with van der Waals surface area (Å²) in [7, 11) is 3.14. The molecule has 0 saturated carbocycles. The lowest BCUT2D eigenvalue weighted by Crippen LogP contribution is -2.42. The molecule has 7 nitrogen and oxygen atoms in total. The second kappa shape index (κ2) is 21.4. The van der Waals surface area contributed by atoms with E-state index in [9.17, 15) is 9.59 Å². The van der Waals surface area contributed by atoms with E-state index >= 15 is 0 Å². The quantitative estimate of drug-likeness (QED) is 0.394. The van der Waals surface area contributed by atoms with Gasteiger partial charge in [-0.1, -0.05) is 68.8 Å². The van der Waals surface area contributed by atoms with E-state index in [-0.39, 0.29) is 18.4 Å². The van der Waals surface area contributed by atoms with Crippen LogP contribution in [0.5, 0.6) is 5.75 Å². The lowest BCUT2D eigenvalue weighted by molar-refractivity contribution is -0.133. The third kappa shape index (κ3) is 16.2. The van der Waals surface area contributed by atoms with Crippen LogP contribution in [-0.2, 0) is 27.3 Å². The molecule has 0 fully saturated rings. The number of rotatable bonds is 12. The minimum absolute atomic E-state index is 0.0614. The third-order valence-electron chi connectivity index (χ3n) is 4.52. The Bertz CT molecular complexity index is 828. The normalized spacial score (nSPS) is 10.4. The Morgan fingerprint density at radius 3 is 2.26 bits per heavy atom. The van der Waals surface area contributed by atoms with Gasteiger partial charge in [0.05, 0.1) is 13.7 Å². The van der Waals surface area contributed by atoms with Gasteiger partial charge in [-0.2, -0.15) is 0 Å². The van der Waals surface area contributed by atoms with Gasteiger partial charge in [0, 0.05) is 13.7 Å². The third-order valence-corrected chi connectivity index (χ3v) is 4.52. The van der Waals surface area contributed by atoms with E-state index in [1.807, 2.05) is 54.6 Å². The van der Waals surface area contributed by atoms with Crippen molar-refractivity contribution in [2.45, 2.75) is 52.2 Å². The molecule has 1 atom stereocenters. The highest BCUT2D eigenvalue weighted by atomic mass is 16.5. The first-order valence-electron chi connectivity index (χ1n) is 12.0. The summed E-state index contributed by atoms with van der Waals surface area (Å²) in [5.41, 5.74) is 7.64. The second-order valence-electron chi connectivity index (χ2n) is 7.69. The molecule has 7 heteroatoms. The van der Waals surface area contributed by atoms with Crippen LogP contribution in [0, 0.1) is 0 Å². The van der Waals surface area contributed by atoms with Crippen molar-refractivity contribution >= 4 is 11.8 Å². The molecule has 194 valence electrons. The Morgan fingerprint density at radius 1 is 1.03 bits per heavy atom. The zero-order valence-corrected chi connectivity index (χ0v) is 21.7. The number of benzene rings is 2. The number of nitrogens with one attached hydrogen (secondary N) is 2. The van der Waals surface area contributed by atoms with Crippen LogP contribution >= 0.6 is 0 Å². The van der Waals surface area contributed by atoms with Crippen LogP contribution in [0.3, 0.4) is 0 Å². The Morgan fingerprint density at radius 2 is 1.69 bits per heavy atom. The van der Waals surface area contributed by atoms with E-state index in [2.05, 4.69) is 37.1 Å². The van der Waals surface area contributed by atoms with E-state index in [1.54, 1.807) is 7.11 Å². The molecule has 2 amide bonds. The van der Waals surface area contributed by atoms with Gasteiger partial charge >= 0.3 is 0 Å². The minimum Gasteiger partial charge on any atom is -0.497 e. The Hall–Kier alpha value is -3.16. The maximum absolute atomic E-state index is 11.8. The van der Waals surface area contributed by atoms with Gasteiger partial charge in [-0.15, -0.1) is 6.58 Å². The summed E-state index contributed by atoms with van der Waals surface area (Å²) in [4.78, 5) is 23.5. The van der Waals surface area contributed by atoms with Crippen molar-refractivity contribution < 1.29 is 19.1 Å². The maximum Gasteiger partial charge on any atom is 0.249 e. The Labute approximate surface area is 211 Å². The molecule has 0 radical (unpaired) electrons. The van der Waals surface area contributed by atoms with Crippen LogP contribution in [0.25, 0.3) is 0 Å². The molecule has 0 saturated heterocycles. The lowest BCUT2D eigenvalue weighted by atomic mass is 10.1. The van der Waals surface area contributed by atoms with Gasteiger partial charge in [0.25, 0.3) is 0 Å². The van der Waals surface area contributed by atoms with Gasteiger partial charge in [-0.3, -0.25) is 9.59 Å². The summed E-state index contributed by atoms with van der Waals surface area (Å²) in [5, 5.41) is 5.30. The van der Waals surface area contributed by atoms with Gasteiger partial charge in [0.2, 0.25) is 11.8 Å². The number of carbonyl (C=O) groups is 2. The van der Waals surface area contributed by atoms with E-state index in [0.717, 1.165) is 17.7 Å². The highest BCUT2D eigenvalue weighted by Crippen LogP contribution is 2.12. The summed E-state index contributed by atoms with van der Waals surface area (Å²) in [6.07, 6.45) is 4.72. The summed E-state index contributed by atoms with van der Waals surface area (Å²) < 4.78 is 10.1. The molecule has 2 aromatic carbocycles. The zero-order valence-electron chi connectivity index (χ0n) is 21.7. The molecule has 35 heavy (non-hydrogen) atoms. The van der Waals surface area contributed by atoms with Crippen molar-refractivity contribution in [2.24, 2.45) is 5.73 Å². The van der Waals surface area contributed by atoms with Crippen LogP contribution in [0.2, 0.25) is 0 Å². The summed E-state index contributed by atoms with van der Waals surface area (Å²) >= 11 is 0. The monoisotopic (exact) mass is 485 g/mol. The molecule has 0 aliphatic carbocycles. The standard InChI is InChI=1S/C15H23N3O3.C10H12O.C3H8/c1-21-13(8-5-9-16)15(20)18-11-14(19)17-10-12-6-3-2-4-7-12;1-3-5-9-6-4-7-10(8-9)11-2;1-3-2/h2-4,6-7,13H,5,8-11,16H2,1H3,(H,17,19)(H,18,20);3-4,6-8H,1,5H2,2H3;3H2,1-2H3. The van der Waals surface area contributed by atoms with Crippen LogP contribution in [0.1, 0.15) is 44.2 Å². The number of ether oxygens (including phenoxy) is 2. The molecular weight excluding hydrogens is 442 g/mol. The van der Waals surface area contributed by atoms with Crippen molar-refractivity contribution in [3.05, 3.63) is 78.4 Å². The van der Waals surface area contributed by atoms with Crippen molar-refractivity contribution in [1.82, 2.24) is 10.6 Å². The fraction of sp³-hybridized carbons (Fsp3) is 0.429. The second-order valence-corrected chi connectivity index (χ2v) is 7.69. The molecule has 2 rings (SSSR count). The van der Waals surface area contributed by atoms with Crippen LogP contribution < -0.4 is 21.1 Å². The molecule has 0 heterocycles. The predicted molar refractivity (Wildman–Crippen MR) is 143 cm³/mol. The van der Waals surface area contributed by atoms with Gasteiger partial charge in [-0.25, -0.2) is 0 Å². The molecule has 2 aromatic rings. The molecule has 0 bridgehead atoms. The average Bonchev–Trinajstić information content (AvgIpc) is 2.88. The summed E-state index contributed by atoms with van der Waals surface area (Å²) in [6.45, 7) is 8.80. The summed E-state index contributed by atoms with van der Waals surface area (Å²) in [5.74, 6) is 0.381. The average molecular weight is 486 g/mol. The van der Waals surface area contributed by atoms with Crippen molar-refractivity contribution in [1.29, 1.82) is 0 Å². The van der Waals surface area contributed by atoms with Crippen LogP contribution in [-0.4, -0.2) is 45.2 Å². The first kappa shape index (κ1) is 31.8. The number of allylic oxidation sites excluding steroid dienone is 1. The van der Waals surface area contributed by atoms with Crippen molar-refractivity contribution in [3.63, 3.8) is 0 Å². The van der Waals surface area contributed by atoms with E-state index in [1.165, 1.54) is 19.1 Å². The Balaban J connectivity index is 0.000000687. The summed E-state index contributed by atoms with van der Waals surface area (Å²) in [6, 6.07) is 17.6. The fourth-order valence-electron chi connectivity index (χ4n) is 2.77. The number of hydrogen-bond acceptors (Lipinski definition) is 5. The van der Waals surface area contributed by atoms with Gasteiger partial charge < -0.3 is 25.8 Å². The SMILES string of the molecule is C=CCc1cccc(OC)c1.CCC.COC(CCCN)C(=O)NCC(=O)NCc1ccccc1. The lowest BCUT2D eigenvalue weighted by Gasteiger charge is -2.14. The number of methoxy groups -OCH3 is 2. The van der Waals surface area contributed by atoms with Crippen LogP contribution in [0.15, 0.2) is 67.3 Å². The van der Waals surface area contributed by atoms with Gasteiger partial charge in [-0.05, 0) is 49.1 Å². The number of nitrogens with two attached hydrogens (primary N) is 1. The molecule has 1 unspecified atom stereocenters. The topological polar surface area (TPSA) is 103 Å². The molecular formula is C28H43N3O4.